The molecule has 1 atom stereocenters. The van der Waals surface area contributed by atoms with E-state index >= 15 is 0 Å². The van der Waals surface area contributed by atoms with Crippen molar-refractivity contribution in [2.75, 3.05) is 16.8 Å². The number of carbonyl (C=O) groups is 2. The number of amides is 2. The minimum Gasteiger partial charge on any atom is -0.444 e. The third-order valence-electron chi connectivity index (χ3n) is 3.34. The van der Waals surface area contributed by atoms with E-state index in [4.69, 9.17) is 4.74 Å². The highest BCUT2D eigenvalue weighted by Crippen LogP contribution is 2.15. The maximum Gasteiger partial charge on any atom is 0.412 e. The van der Waals surface area contributed by atoms with Crippen LogP contribution in [0.5, 0.6) is 0 Å². The maximum atomic E-state index is 12.2. The molecule has 8 heteroatoms. The first kappa shape index (κ1) is 18.3. The van der Waals surface area contributed by atoms with E-state index < -0.39 is 21.5 Å². The van der Waals surface area contributed by atoms with Crippen molar-refractivity contribution in [3.05, 3.63) is 29.8 Å². The summed E-state index contributed by atoms with van der Waals surface area (Å²) in [6.45, 7) is 5.27. The molecule has 132 valence electrons. The van der Waals surface area contributed by atoms with Crippen LogP contribution < -0.4 is 10.6 Å². The van der Waals surface area contributed by atoms with Crippen molar-refractivity contribution in [1.82, 2.24) is 5.32 Å². The average Bonchev–Trinajstić information content (AvgIpc) is 2.76. The molecule has 0 aromatic heterocycles. The highest BCUT2D eigenvalue weighted by molar-refractivity contribution is 7.91. The first-order valence-electron chi connectivity index (χ1n) is 7.65. The molecule has 1 fully saturated rings. The highest BCUT2D eigenvalue weighted by atomic mass is 32.2. The minimum absolute atomic E-state index is 0.0331. The normalized spacial score (nSPS) is 19.5. The van der Waals surface area contributed by atoms with Crippen molar-refractivity contribution in [2.24, 2.45) is 0 Å². The van der Waals surface area contributed by atoms with Gasteiger partial charge in [0.1, 0.15) is 5.60 Å². The van der Waals surface area contributed by atoms with Crippen LogP contribution in [0.4, 0.5) is 10.5 Å². The summed E-state index contributed by atoms with van der Waals surface area (Å²) >= 11 is 0. The van der Waals surface area contributed by atoms with Crippen LogP contribution in [0.1, 0.15) is 37.6 Å². The van der Waals surface area contributed by atoms with Crippen molar-refractivity contribution < 1.29 is 22.7 Å². The van der Waals surface area contributed by atoms with Gasteiger partial charge in [0.15, 0.2) is 9.84 Å². The fourth-order valence-electron chi connectivity index (χ4n) is 2.34. The van der Waals surface area contributed by atoms with Gasteiger partial charge in [-0.3, -0.25) is 10.1 Å². The van der Waals surface area contributed by atoms with E-state index in [1.165, 1.54) is 6.07 Å². The van der Waals surface area contributed by atoms with Gasteiger partial charge in [-0.15, -0.1) is 0 Å². The molecule has 2 N–H and O–H groups in total. The Balaban J connectivity index is 1.99. The summed E-state index contributed by atoms with van der Waals surface area (Å²) in [6, 6.07) is 6.01. The second-order valence-electron chi connectivity index (χ2n) is 6.78. The molecule has 0 aliphatic carbocycles. The molecule has 1 aromatic rings. The van der Waals surface area contributed by atoms with E-state index in [1.807, 2.05) is 0 Å². The van der Waals surface area contributed by atoms with Gasteiger partial charge >= 0.3 is 6.09 Å². The molecule has 1 aliphatic rings. The Kier molecular flexibility index (Phi) is 5.17. The van der Waals surface area contributed by atoms with E-state index in [0.717, 1.165) is 0 Å². The Labute approximate surface area is 141 Å². The third-order valence-corrected chi connectivity index (χ3v) is 5.11. The van der Waals surface area contributed by atoms with Gasteiger partial charge in [-0.2, -0.15) is 0 Å². The van der Waals surface area contributed by atoms with Gasteiger partial charge in [0.25, 0.3) is 5.91 Å². The van der Waals surface area contributed by atoms with Gasteiger partial charge in [0, 0.05) is 17.3 Å². The zero-order valence-electron chi connectivity index (χ0n) is 14.0. The Morgan fingerprint density at radius 1 is 1.25 bits per heavy atom. The molecule has 2 rings (SSSR count). The smallest absolute Gasteiger partial charge is 0.412 e. The minimum atomic E-state index is -3.05. The SMILES string of the molecule is CC(C)(C)OC(=O)Nc1cccc(C(=O)N[C@H]2CCS(=O)(=O)C2)c1. The lowest BCUT2D eigenvalue weighted by Gasteiger charge is -2.19. The Bertz CT molecular complexity index is 737. The van der Waals surface area contributed by atoms with Crippen molar-refractivity contribution in [2.45, 2.75) is 38.8 Å². The zero-order chi connectivity index (χ0) is 18.0. The highest BCUT2D eigenvalue weighted by Gasteiger charge is 2.29. The van der Waals surface area contributed by atoms with E-state index in [9.17, 15) is 18.0 Å². The molecule has 1 aliphatic heterocycles. The van der Waals surface area contributed by atoms with Crippen molar-refractivity contribution in [3.63, 3.8) is 0 Å². The summed E-state index contributed by atoms with van der Waals surface area (Å²) in [6.07, 6.45) is -0.189. The van der Waals surface area contributed by atoms with E-state index in [2.05, 4.69) is 10.6 Å². The molecule has 1 saturated heterocycles. The van der Waals surface area contributed by atoms with Crippen LogP contribution in [-0.4, -0.2) is 43.6 Å². The van der Waals surface area contributed by atoms with Crippen LogP contribution in [0.3, 0.4) is 0 Å². The van der Waals surface area contributed by atoms with Gasteiger partial charge in [-0.1, -0.05) is 6.07 Å². The van der Waals surface area contributed by atoms with Gasteiger partial charge in [0.05, 0.1) is 11.5 Å². The van der Waals surface area contributed by atoms with Crippen LogP contribution in [0.15, 0.2) is 24.3 Å². The lowest BCUT2D eigenvalue weighted by Crippen LogP contribution is -2.35. The number of carbonyl (C=O) groups excluding carboxylic acids is 2. The standard InChI is InChI=1S/C16H22N2O5S/c1-16(2,3)23-15(20)18-12-6-4-5-11(9-12)14(19)17-13-7-8-24(21,22)10-13/h4-6,9,13H,7-8,10H2,1-3H3,(H,17,19)(H,18,20)/t13-/m0/s1. The van der Waals surface area contributed by atoms with Crippen LogP contribution in [0.2, 0.25) is 0 Å². The van der Waals surface area contributed by atoms with Crippen LogP contribution in [0, 0.1) is 0 Å². The van der Waals surface area contributed by atoms with Gasteiger partial charge in [-0.25, -0.2) is 13.2 Å². The molecular formula is C16H22N2O5S. The van der Waals surface area contributed by atoms with Gasteiger partial charge < -0.3 is 10.1 Å². The second kappa shape index (κ2) is 6.80. The van der Waals surface area contributed by atoms with Crippen LogP contribution in [0.25, 0.3) is 0 Å². The topological polar surface area (TPSA) is 102 Å². The van der Waals surface area contributed by atoms with Crippen LogP contribution in [-0.2, 0) is 14.6 Å². The molecule has 24 heavy (non-hydrogen) atoms. The lowest BCUT2D eigenvalue weighted by atomic mass is 10.1. The van der Waals surface area contributed by atoms with Crippen molar-refractivity contribution in [1.29, 1.82) is 0 Å². The number of hydrogen-bond acceptors (Lipinski definition) is 5. The summed E-state index contributed by atoms with van der Waals surface area (Å²) in [5.74, 6) is -0.308. The van der Waals surface area contributed by atoms with Gasteiger partial charge in [0.2, 0.25) is 0 Å². The van der Waals surface area contributed by atoms with E-state index in [0.29, 0.717) is 17.7 Å². The number of nitrogens with one attached hydrogen (secondary N) is 2. The quantitative estimate of drug-likeness (QED) is 0.864. The molecule has 0 radical (unpaired) electrons. The zero-order valence-corrected chi connectivity index (χ0v) is 14.8. The summed E-state index contributed by atoms with van der Waals surface area (Å²) in [4.78, 5) is 24.0. The second-order valence-corrected chi connectivity index (χ2v) is 9.01. The predicted octanol–water partition coefficient (Wildman–Crippen LogP) is 1.95. The number of benzene rings is 1. The largest absolute Gasteiger partial charge is 0.444 e. The molecule has 7 nitrogen and oxygen atoms in total. The summed E-state index contributed by atoms with van der Waals surface area (Å²) in [5, 5.41) is 5.27. The van der Waals surface area contributed by atoms with E-state index in [-0.39, 0.29) is 23.5 Å². The first-order valence-corrected chi connectivity index (χ1v) is 9.48. The summed E-state index contributed by atoms with van der Waals surface area (Å²) in [7, 11) is -3.05. The van der Waals surface area contributed by atoms with Crippen molar-refractivity contribution in [3.8, 4) is 0 Å². The molecule has 0 saturated carbocycles. The number of rotatable bonds is 3. The van der Waals surface area contributed by atoms with Crippen molar-refractivity contribution >= 4 is 27.5 Å². The maximum absolute atomic E-state index is 12.2. The summed E-state index contributed by atoms with van der Waals surface area (Å²) in [5.41, 5.74) is 0.149. The number of ether oxygens (including phenoxy) is 1. The molecule has 1 aromatic carbocycles. The molecular weight excluding hydrogens is 332 g/mol. The Morgan fingerprint density at radius 2 is 1.96 bits per heavy atom. The van der Waals surface area contributed by atoms with Crippen LogP contribution >= 0.6 is 0 Å². The predicted molar refractivity (Wildman–Crippen MR) is 90.8 cm³/mol. The van der Waals surface area contributed by atoms with E-state index in [1.54, 1.807) is 39.0 Å². The Hall–Kier alpha value is -2.09. The number of hydrogen-bond donors (Lipinski definition) is 2. The molecule has 1 heterocycles. The molecule has 2 amide bonds. The lowest BCUT2D eigenvalue weighted by molar-refractivity contribution is 0.0635. The van der Waals surface area contributed by atoms with Gasteiger partial charge in [-0.05, 0) is 45.4 Å². The molecule has 0 unspecified atom stereocenters. The monoisotopic (exact) mass is 354 g/mol. The molecule has 0 spiro atoms. The summed E-state index contributed by atoms with van der Waals surface area (Å²) < 4.78 is 28.0. The fourth-order valence-corrected chi connectivity index (χ4v) is 4.01. The Morgan fingerprint density at radius 3 is 2.54 bits per heavy atom. The fraction of sp³-hybridized carbons (Fsp3) is 0.500. The average molecular weight is 354 g/mol. The third kappa shape index (κ3) is 5.52. The first-order chi connectivity index (χ1) is 11.0. The number of sulfone groups is 1. The number of anilines is 1. The molecule has 0 bridgehead atoms.